The van der Waals surface area contributed by atoms with Crippen molar-refractivity contribution in [3.05, 3.63) is 46.8 Å². The van der Waals surface area contributed by atoms with Crippen LogP contribution < -0.4 is 5.32 Å². The fourth-order valence-corrected chi connectivity index (χ4v) is 5.93. The molecule has 3 atom stereocenters. The maximum absolute atomic E-state index is 14.7. The van der Waals surface area contributed by atoms with E-state index in [1.54, 1.807) is 25.3 Å². The van der Waals surface area contributed by atoms with E-state index in [4.69, 9.17) is 9.47 Å². The third kappa shape index (κ3) is 5.96. The third-order valence-electron chi connectivity index (χ3n) is 6.46. The maximum atomic E-state index is 14.7. The molecule has 2 aromatic rings. The summed E-state index contributed by atoms with van der Waals surface area (Å²) in [4.78, 5) is 19.2. The molecule has 12 heteroatoms. The van der Waals surface area contributed by atoms with Gasteiger partial charge in [0.1, 0.15) is 23.3 Å². The lowest BCUT2D eigenvalue weighted by atomic mass is 9.92. The van der Waals surface area contributed by atoms with Crippen LogP contribution in [0.15, 0.2) is 23.4 Å². The fourth-order valence-electron chi connectivity index (χ4n) is 4.98. The van der Waals surface area contributed by atoms with Crippen LogP contribution in [0.1, 0.15) is 70.1 Å². The summed E-state index contributed by atoms with van der Waals surface area (Å²) in [6, 6.07) is 2.16. The van der Waals surface area contributed by atoms with Gasteiger partial charge in [0, 0.05) is 37.0 Å². The van der Waals surface area contributed by atoms with E-state index in [2.05, 4.69) is 15.2 Å². The van der Waals surface area contributed by atoms with Crippen molar-refractivity contribution < 1.29 is 31.5 Å². The lowest BCUT2D eigenvalue weighted by Gasteiger charge is -2.40. The Morgan fingerprint density at radius 3 is 2.57 bits per heavy atom. The number of benzene rings is 1. The summed E-state index contributed by atoms with van der Waals surface area (Å²) >= 11 is 0. The molecular formula is C25H34F2N4O5S. The number of aromatic nitrogens is 2. The summed E-state index contributed by atoms with van der Waals surface area (Å²) in [5, 5.41) is 2.85. The number of amides is 1. The van der Waals surface area contributed by atoms with Crippen molar-refractivity contribution in [3.63, 3.8) is 0 Å². The number of nitrogens with one attached hydrogen (secondary N) is 1. The van der Waals surface area contributed by atoms with Gasteiger partial charge in [-0.1, -0.05) is 0 Å². The molecular weight excluding hydrogens is 506 g/mol. The van der Waals surface area contributed by atoms with Crippen molar-refractivity contribution in [3.8, 4) is 0 Å². The number of alkyl carbamates (subject to hydrolysis) is 1. The number of hydrogen-bond acceptors (Lipinski definition) is 7. The number of nitrogens with zero attached hydrogens (tertiary/aromatic N) is 3. The van der Waals surface area contributed by atoms with Gasteiger partial charge in [0.15, 0.2) is 0 Å². The van der Waals surface area contributed by atoms with Gasteiger partial charge in [-0.25, -0.2) is 27.0 Å². The Hall–Kier alpha value is -2.57. The normalized spacial score (nSPS) is 22.8. The molecule has 9 nitrogen and oxygen atoms in total. The van der Waals surface area contributed by atoms with Gasteiger partial charge in [0.2, 0.25) is 15.0 Å². The Morgan fingerprint density at radius 2 is 1.95 bits per heavy atom. The second kappa shape index (κ2) is 9.95. The van der Waals surface area contributed by atoms with Crippen LogP contribution in [0.4, 0.5) is 13.6 Å². The van der Waals surface area contributed by atoms with Gasteiger partial charge in [-0.3, -0.25) is 4.90 Å². The van der Waals surface area contributed by atoms with Crippen molar-refractivity contribution in [2.75, 3.05) is 12.9 Å². The molecule has 0 radical (unpaired) electrons. The topological polar surface area (TPSA) is 103 Å². The number of rotatable bonds is 5. The van der Waals surface area contributed by atoms with Crippen LogP contribution in [0, 0.1) is 11.6 Å². The van der Waals surface area contributed by atoms with Crippen LogP contribution in [0.2, 0.25) is 0 Å². The average Bonchev–Trinajstić information content (AvgIpc) is 3.32. The molecule has 1 aromatic heterocycles. The first kappa shape index (κ1) is 27.5. The van der Waals surface area contributed by atoms with Gasteiger partial charge in [-0.05, 0) is 59.2 Å². The quantitative estimate of drug-likeness (QED) is 0.614. The van der Waals surface area contributed by atoms with Crippen molar-refractivity contribution in [2.45, 2.75) is 89.1 Å². The van der Waals surface area contributed by atoms with Gasteiger partial charge in [-0.2, -0.15) is 0 Å². The number of sulfone groups is 1. The van der Waals surface area contributed by atoms with E-state index in [0.29, 0.717) is 25.2 Å². The van der Waals surface area contributed by atoms with Crippen LogP contribution in [0.3, 0.4) is 0 Å². The zero-order chi connectivity index (χ0) is 27.3. The van der Waals surface area contributed by atoms with Crippen molar-refractivity contribution in [2.24, 2.45) is 0 Å². The summed E-state index contributed by atoms with van der Waals surface area (Å²) in [5.41, 5.74) is 0.790. The number of imidazole rings is 1. The Labute approximate surface area is 216 Å². The number of carbonyl (C=O) groups is 1. The highest BCUT2D eigenvalue weighted by atomic mass is 32.2. The van der Waals surface area contributed by atoms with Crippen LogP contribution >= 0.6 is 0 Å². The van der Waals surface area contributed by atoms with Crippen LogP contribution in [0.5, 0.6) is 0 Å². The first-order valence-corrected chi connectivity index (χ1v) is 14.1. The maximum Gasteiger partial charge on any atom is 0.407 e. The average molecular weight is 541 g/mol. The van der Waals surface area contributed by atoms with Gasteiger partial charge >= 0.3 is 6.09 Å². The SMILES string of the molecule is CC(C)n1c(S(C)(=O)=O)nc2c1CN([C@H]1CO[C@H](c3cc(F)ccc3F)[C@@H](NC(=O)OC(C)(C)C)C1)C2. The molecule has 1 N–H and O–H groups in total. The minimum absolute atomic E-state index is 0.0231. The van der Waals surface area contributed by atoms with Gasteiger partial charge in [-0.15, -0.1) is 0 Å². The molecule has 204 valence electrons. The zero-order valence-corrected chi connectivity index (χ0v) is 22.7. The number of carbonyl (C=O) groups excluding carboxylic acids is 1. The third-order valence-corrected chi connectivity index (χ3v) is 7.41. The van der Waals surface area contributed by atoms with Gasteiger partial charge in [0.05, 0.1) is 24.0 Å². The number of ether oxygens (including phenoxy) is 2. The van der Waals surface area contributed by atoms with E-state index in [0.717, 1.165) is 30.1 Å². The Morgan fingerprint density at radius 1 is 1.24 bits per heavy atom. The van der Waals surface area contributed by atoms with E-state index in [-0.39, 0.29) is 29.4 Å². The summed E-state index contributed by atoms with van der Waals surface area (Å²) in [5.74, 6) is -1.23. The molecule has 1 amide bonds. The monoisotopic (exact) mass is 540 g/mol. The second-order valence-electron chi connectivity index (χ2n) is 11.0. The molecule has 0 aliphatic carbocycles. The van der Waals surface area contributed by atoms with E-state index in [1.165, 1.54) is 0 Å². The standard InChI is InChI=1S/C25H34F2N4O5S/c1-14(2)31-21-12-30(11-20(21)28-23(31)37(6,33)34)16-10-19(29-24(32)36-25(3,4)5)22(35-13-16)17-9-15(26)7-8-18(17)27/h7-9,14,16,19,22H,10-13H2,1-6H3,(H,29,32)/t16-,19+,22-/m1/s1. The molecule has 4 rings (SSSR count). The summed E-state index contributed by atoms with van der Waals surface area (Å²) in [7, 11) is -3.50. The molecule has 0 unspecified atom stereocenters. The molecule has 1 aromatic carbocycles. The molecule has 3 heterocycles. The Bertz CT molecular complexity index is 1290. The smallest absolute Gasteiger partial charge is 0.407 e. The highest BCUT2D eigenvalue weighted by Gasteiger charge is 2.41. The molecule has 2 aliphatic heterocycles. The lowest BCUT2D eigenvalue weighted by molar-refractivity contribution is -0.0631. The largest absolute Gasteiger partial charge is 0.444 e. The molecule has 0 bridgehead atoms. The first-order chi connectivity index (χ1) is 17.1. The highest BCUT2D eigenvalue weighted by Crippen LogP contribution is 2.36. The minimum Gasteiger partial charge on any atom is -0.444 e. The Balaban J connectivity index is 1.58. The molecule has 1 fully saturated rings. The number of halogens is 2. The van der Waals surface area contributed by atoms with Gasteiger partial charge < -0.3 is 19.4 Å². The van der Waals surface area contributed by atoms with Crippen molar-refractivity contribution >= 4 is 15.9 Å². The predicted octanol–water partition coefficient (Wildman–Crippen LogP) is 3.88. The number of fused-ring (bicyclic) bond motifs is 1. The Kier molecular flexibility index (Phi) is 7.39. The van der Waals surface area contributed by atoms with E-state index in [9.17, 15) is 22.0 Å². The van der Waals surface area contributed by atoms with Gasteiger partial charge in [0.25, 0.3) is 0 Å². The zero-order valence-electron chi connectivity index (χ0n) is 21.9. The van der Waals surface area contributed by atoms with E-state index < -0.39 is 45.3 Å². The lowest BCUT2D eigenvalue weighted by Crippen LogP contribution is -2.52. The van der Waals surface area contributed by atoms with Crippen LogP contribution in [-0.2, 0) is 32.4 Å². The van der Waals surface area contributed by atoms with Crippen LogP contribution in [-0.4, -0.2) is 59.5 Å². The highest BCUT2D eigenvalue weighted by molar-refractivity contribution is 7.90. The molecule has 37 heavy (non-hydrogen) atoms. The summed E-state index contributed by atoms with van der Waals surface area (Å²) in [6.07, 6.45) is -0.0673. The summed E-state index contributed by atoms with van der Waals surface area (Å²) in [6.45, 7) is 10.1. The fraction of sp³-hybridized carbons (Fsp3) is 0.600. The molecule has 1 saturated heterocycles. The first-order valence-electron chi connectivity index (χ1n) is 12.2. The minimum atomic E-state index is -3.50. The predicted molar refractivity (Wildman–Crippen MR) is 132 cm³/mol. The second-order valence-corrected chi connectivity index (χ2v) is 12.9. The van der Waals surface area contributed by atoms with Crippen molar-refractivity contribution in [1.29, 1.82) is 0 Å². The molecule has 0 saturated carbocycles. The van der Waals surface area contributed by atoms with Crippen molar-refractivity contribution in [1.82, 2.24) is 19.8 Å². The van der Waals surface area contributed by atoms with E-state index in [1.807, 2.05) is 13.8 Å². The van der Waals surface area contributed by atoms with Crippen LogP contribution in [0.25, 0.3) is 0 Å². The summed E-state index contributed by atoms with van der Waals surface area (Å²) < 4.78 is 66.4. The van der Waals surface area contributed by atoms with E-state index >= 15 is 0 Å². The molecule has 2 aliphatic rings. The number of hydrogen-bond donors (Lipinski definition) is 1. The molecule has 0 spiro atoms.